The van der Waals surface area contributed by atoms with E-state index in [-0.39, 0.29) is 0 Å². The van der Waals surface area contributed by atoms with E-state index in [1.165, 1.54) is 32.1 Å². The zero-order valence-corrected chi connectivity index (χ0v) is 17.7. The molecule has 0 spiro atoms. The maximum Gasteiger partial charge on any atom is 0.421 e. The van der Waals surface area contributed by atoms with Crippen LogP contribution in [0.1, 0.15) is 51.0 Å². The Bertz CT molecular complexity index is 767. The molecule has 0 radical (unpaired) electrons. The first-order chi connectivity index (χ1) is 15.1. The Morgan fingerprint density at radius 1 is 1.03 bits per heavy atom. The van der Waals surface area contributed by atoms with Crippen LogP contribution in [-0.4, -0.2) is 83.0 Å². The second-order valence-corrected chi connectivity index (χ2v) is 8.29. The van der Waals surface area contributed by atoms with Gasteiger partial charge in [0.05, 0.1) is 12.6 Å². The van der Waals surface area contributed by atoms with Gasteiger partial charge >= 0.3 is 24.1 Å². The van der Waals surface area contributed by atoms with Crippen molar-refractivity contribution in [2.24, 2.45) is 0 Å². The predicted octanol–water partition coefficient (Wildman–Crippen LogP) is 1.12. The minimum absolute atomic E-state index is 0.472. The number of unbranched alkanes of at least 4 members (excludes halogenated alkanes) is 1. The van der Waals surface area contributed by atoms with Gasteiger partial charge in [-0.3, -0.25) is 14.4 Å². The van der Waals surface area contributed by atoms with Crippen molar-refractivity contribution in [3.63, 3.8) is 0 Å². The number of carbonyl (C=O) groups excluding carboxylic acids is 3. The molecule has 1 amide bonds. The Kier molecular flexibility index (Phi) is 7.06. The summed E-state index contributed by atoms with van der Waals surface area (Å²) in [5.41, 5.74) is 0. The summed E-state index contributed by atoms with van der Waals surface area (Å²) in [6.07, 6.45) is 8.84. The second-order valence-electron chi connectivity index (χ2n) is 8.29. The number of rotatable bonds is 8. The largest absolute Gasteiger partial charge is 0.477 e. The van der Waals surface area contributed by atoms with Crippen molar-refractivity contribution in [3.05, 3.63) is 12.3 Å². The molecule has 1 aromatic heterocycles. The lowest BCUT2D eigenvalue weighted by Gasteiger charge is -2.35. The summed E-state index contributed by atoms with van der Waals surface area (Å²) in [7, 11) is 0. The van der Waals surface area contributed by atoms with E-state index in [1.54, 1.807) is 4.90 Å². The third kappa shape index (κ3) is 5.55. The molecule has 3 heterocycles. The van der Waals surface area contributed by atoms with Crippen molar-refractivity contribution in [3.8, 4) is 5.88 Å². The van der Waals surface area contributed by atoms with E-state index >= 15 is 0 Å². The maximum absolute atomic E-state index is 12.3. The number of piperazine rings is 1. The van der Waals surface area contributed by atoms with E-state index in [0.717, 1.165) is 32.5 Å². The van der Waals surface area contributed by atoms with Crippen molar-refractivity contribution >= 4 is 17.8 Å². The van der Waals surface area contributed by atoms with Gasteiger partial charge in [0.2, 0.25) is 5.88 Å². The normalized spacial score (nSPS) is 21.2. The SMILES string of the molecule is O=C1OC(C(=O)N2CCN(CCCCOc3ccn(C4CCCCC4)n3)CC2)OC1=O. The van der Waals surface area contributed by atoms with Gasteiger partial charge < -0.3 is 19.1 Å². The molecule has 0 N–H and O–H groups in total. The molecule has 0 atom stereocenters. The molecule has 0 aromatic carbocycles. The van der Waals surface area contributed by atoms with Crippen LogP contribution in [-0.2, 0) is 23.9 Å². The highest BCUT2D eigenvalue weighted by molar-refractivity contribution is 6.31. The van der Waals surface area contributed by atoms with Crippen LogP contribution < -0.4 is 4.74 Å². The number of cyclic esters (lactones) is 2. The summed E-state index contributed by atoms with van der Waals surface area (Å²) in [6.45, 7) is 4.05. The molecule has 1 aliphatic carbocycles. The topological polar surface area (TPSA) is 103 Å². The molecule has 10 nitrogen and oxygen atoms in total. The number of amides is 1. The van der Waals surface area contributed by atoms with Gasteiger partial charge in [-0.1, -0.05) is 19.3 Å². The first kappa shape index (κ1) is 21.6. The third-order valence-electron chi connectivity index (χ3n) is 6.13. The quantitative estimate of drug-likeness (QED) is 0.341. The Hall–Kier alpha value is -2.62. The van der Waals surface area contributed by atoms with Gasteiger partial charge in [0.1, 0.15) is 0 Å². The van der Waals surface area contributed by atoms with Gasteiger partial charge in [0.25, 0.3) is 0 Å². The second kappa shape index (κ2) is 10.1. The van der Waals surface area contributed by atoms with Crippen molar-refractivity contribution in [1.82, 2.24) is 19.6 Å². The maximum atomic E-state index is 12.3. The molecular formula is C21H30N4O6. The first-order valence-electron chi connectivity index (χ1n) is 11.2. The van der Waals surface area contributed by atoms with E-state index in [2.05, 4.69) is 24.2 Å². The van der Waals surface area contributed by atoms with Crippen LogP contribution in [0.4, 0.5) is 0 Å². The van der Waals surface area contributed by atoms with E-state index in [4.69, 9.17) is 4.74 Å². The van der Waals surface area contributed by atoms with Crippen LogP contribution in [0.5, 0.6) is 5.88 Å². The molecule has 1 saturated carbocycles. The number of esters is 2. The number of nitrogens with zero attached hydrogens (tertiary/aromatic N) is 4. The average molecular weight is 434 g/mol. The summed E-state index contributed by atoms with van der Waals surface area (Å²) in [5.74, 6) is -1.99. The standard InChI is InChI=1S/C21H30N4O6/c26-18(21-30-19(27)20(28)31-21)24-13-11-23(12-14-24)9-4-5-15-29-17-8-10-25(22-17)16-6-2-1-3-7-16/h8,10,16,21H,1-7,9,11-15H2. The van der Waals surface area contributed by atoms with Gasteiger partial charge in [-0.25, -0.2) is 9.59 Å². The number of hydrogen-bond donors (Lipinski definition) is 0. The van der Waals surface area contributed by atoms with Crippen molar-refractivity contribution < 1.29 is 28.6 Å². The molecule has 0 bridgehead atoms. The molecular weight excluding hydrogens is 404 g/mol. The fourth-order valence-electron chi connectivity index (χ4n) is 4.32. The van der Waals surface area contributed by atoms with Crippen LogP contribution >= 0.6 is 0 Å². The average Bonchev–Trinajstić information content (AvgIpc) is 3.41. The molecule has 4 rings (SSSR count). The summed E-state index contributed by atoms with van der Waals surface area (Å²) in [4.78, 5) is 38.3. The summed E-state index contributed by atoms with van der Waals surface area (Å²) in [5, 5.41) is 4.57. The van der Waals surface area contributed by atoms with E-state index in [1.807, 2.05) is 12.3 Å². The molecule has 2 aliphatic heterocycles. The fraction of sp³-hybridized carbons (Fsp3) is 0.714. The Balaban J connectivity index is 1.08. The zero-order valence-electron chi connectivity index (χ0n) is 17.7. The minimum atomic E-state index is -1.43. The molecule has 2 saturated heterocycles. The number of aromatic nitrogens is 2. The number of carbonyl (C=O) groups is 3. The highest BCUT2D eigenvalue weighted by Crippen LogP contribution is 2.28. The molecule has 170 valence electrons. The lowest BCUT2D eigenvalue weighted by atomic mass is 9.96. The van der Waals surface area contributed by atoms with Crippen LogP contribution in [0, 0.1) is 0 Å². The molecule has 31 heavy (non-hydrogen) atoms. The number of hydrogen-bond acceptors (Lipinski definition) is 8. The minimum Gasteiger partial charge on any atom is -0.477 e. The van der Waals surface area contributed by atoms with E-state index in [0.29, 0.717) is 31.6 Å². The zero-order chi connectivity index (χ0) is 21.6. The third-order valence-corrected chi connectivity index (χ3v) is 6.13. The monoisotopic (exact) mass is 434 g/mol. The Morgan fingerprint density at radius 3 is 2.45 bits per heavy atom. The summed E-state index contributed by atoms with van der Waals surface area (Å²) < 4.78 is 17.1. The predicted molar refractivity (Wildman–Crippen MR) is 108 cm³/mol. The van der Waals surface area contributed by atoms with E-state index < -0.39 is 24.1 Å². The van der Waals surface area contributed by atoms with Crippen LogP contribution in [0.15, 0.2) is 12.3 Å². The Morgan fingerprint density at radius 2 is 1.74 bits per heavy atom. The van der Waals surface area contributed by atoms with Gasteiger partial charge in [0.15, 0.2) is 0 Å². The molecule has 0 unspecified atom stereocenters. The first-order valence-corrected chi connectivity index (χ1v) is 11.2. The molecule has 10 heteroatoms. The van der Waals surface area contributed by atoms with Gasteiger partial charge in [-0.05, 0) is 32.2 Å². The highest BCUT2D eigenvalue weighted by atomic mass is 16.8. The van der Waals surface area contributed by atoms with Crippen LogP contribution in [0.25, 0.3) is 0 Å². The summed E-state index contributed by atoms with van der Waals surface area (Å²) in [6, 6.07) is 2.47. The fourth-order valence-corrected chi connectivity index (χ4v) is 4.32. The van der Waals surface area contributed by atoms with E-state index in [9.17, 15) is 14.4 Å². The van der Waals surface area contributed by atoms with Crippen molar-refractivity contribution in [2.75, 3.05) is 39.3 Å². The van der Waals surface area contributed by atoms with Crippen LogP contribution in [0.3, 0.4) is 0 Å². The highest BCUT2D eigenvalue weighted by Gasteiger charge is 2.41. The molecule has 3 aliphatic rings. The van der Waals surface area contributed by atoms with Gasteiger partial charge in [0, 0.05) is 38.4 Å². The van der Waals surface area contributed by atoms with Gasteiger partial charge in [-0.15, -0.1) is 5.10 Å². The van der Waals surface area contributed by atoms with Crippen molar-refractivity contribution in [2.45, 2.75) is 57.3 Å². The lowest BCUT2D eigenvalue weighted by molar-refractivity contribution is -0.167. The Labute approximate surface area is 181 Å². The van der Waals surface area contributed by atoms with Crippen molar-refractivity contribution in [1.29, 1.82) is 0 Å². The molecule has 1 aromatic rings. The number of ether oxygens (including phenoxy) is 3. The van der Waals surface area contributed by atoms with Gasteiger partial charge in [-0.2, -0.15) is 0 Å². The lowest BCUT2D eigenvalue weighted by Crippen LogP contribution is -2.51. The molecule has 3 fully saturated rings. The summed E-state index contributed by atoms with van der Waals surface area (Å²) >= 11 is 0. The smallest absolute Gasteiger partial charge is 0.421 e. The van der Waals surface area contributed by atoms with Crippen LogP contribution in [0.2, 0.25) is 0 Å².